The monoisotopic (exact) mass is 298 g/mol. The van der Waals surface area contributed by atoms with Crippen molar-refractivity contribution in [2.45, 2.75) is 13.1 Å². The van der Waals surface area contributed by atoms with Crippen LogP contribution in [-0.2, 0) is 6.18 Å². The third kappa shape index (κ3) is 3.36. The fourth-order valence-electron chi connectivity index (χ4n) is 1.67. The van der Waals surface area contributed by atoms with Crippen molar-refractivity contribution in [1.29, 1.82) is 0 Å². The minimum atomic E-state index is -4.86. The maximum Gasteiger partial charge on any atom is 0.419 e. The van der Waals surface area contributed by atoms with Gasteiger partial charge in [0.15, 0.2) is 0 Å². The van der Waals surface area contributed by atoms with Crippen LogP contribution in [0.25, 0.3) is 0 Å². The highest BCUT2D eigenvalue weighted by Crippen LogP contribution is 2.32. The molecule has 1 heterocycles. The van der Waals surface area contributed by atoms with Gasteiger partial charge in [-0.2, -0.15) is 13.2 Å². The number of aromatic nitrogens is 1. The van der Waals surface area contributed by atoms with Crippen LogP contribution in [0.2, 0.25) is 0 Å². The first-order chi connectivity index (χ1) is 9.79. The number of hydrogen-bond donors (Lipinski definition) is 1. The van der Waals surface area contributed by atoms with Crippen molar-refractivity contribution in [3.63, 3.8) is 0 Å². The Morgan fingerprint density at radius 2 is 1.90 bits per heavy atom. The summed E-state index contributed by atoms with van der Waals surface area (Å²) in [6, 6.07) is 5.68. The van der Waals surface area contributed by atoms with Gasteiger partial charge >= 0.3 is 6.18 Å². The quantitative estimate of drug-likeness (QED) is 0.857. The average Bonchev–Trinajstić information content (AvgIpc) is 2.40. The van der Waals surface area contributed by atoms with E-state index in [9.17, 15) is 22.4 Å². The zero-order valence-corrected chi connectivity index (χ0v) is 10.8. The number of carbonyl (C=O) groups excluding carboxylic acids is 1. The third-order valence-electron chi connectivity index (χ3n) is 2.72. The van der Waals surface area contributed by atoms with Crippen LogP contribution < -0.4 is 5.32 Å². The van der Waals surface area contributed by atoms with Gasteiger partial charge in [0, 0.05) is 5.69 Å². The Hall–Kier alpha value is -2.44. The summed E-state index contributed by atoms with van der Waals surface area (Å²) in [5.41, 5.74) is -1.18. The van der Waals surface area contributed by atoms with Crippen molar-refractivity contribution in [1.82, 2.24) is 4.98 Å². The van der Waals surface area contributed by atoms with E-state index in [0.717, 1.165) is 12.1 Å². The SMILES string of the molecule is Cc1ccc(NC(=O)c2cccc(C(F)(F)F)c2F)cn1. The molecule has 2 rings (SSSR count). The molecule has 2 aromatic rings. The second kappa shape index (κ2) is 5.51. The number of anilines is 1. The van der Waals surface area contributed by atoms with Gasteiger partial charge in [0.25, 0.3) is 5.91 Å². The number of halogens is 4. The van der Waals surface area contributed by atoms with Crippen LogP contribution in [0.3, 0.4) is 0 Å². The van der Waals surface area contributed by atoms with E-state index in [2.05, 4.69) is 10.3 Å². The number of benzene rings is 1. The highest BCUT2D eigenvalue weighted by atomic mass is 19.4. The van der Waals surface area contributed by atoms with Gasteiger partial charge < -0.3 is 5.32 Å². The zero-order valence-electron chi connectivity index (χ0n) is 10.8. The lowest BCUT2D eigenvalue weighted by atomic mass is 10.1. The van der Waals surface area contributed by atoms with E-state index in [0.29, 0.717) is 11.8 Å². The normalized spacial score (nSPS) is 11.3. The molecule has 110 valence electrons. The van der Waals surface area contributed by atoms with Gasteiger partial charge in [0.1, 0.15) is 5.82 Å². The average molecular weight is 298 g/mol. The van der Waals surface area contributed by atoms with Gasteiger partial charge in [0.2, 0.25) is 0 Å². The Labute approximate surface area is 117 Å². The van der Waals surface area contributed by atoms with E-state index < -0.39 is 29.0 Å². The Balaban J connectivity index is 2.30. The van der Waals surface area contributed by atoms with Crippen molar-refractivity contribution < 1.29 is 22.4 Å². The second-order valence-corrected chi connectivity index (χ2v) is 4.31. The molecule has 0 aliphatic heterocycles. The maximum absolute atomic E-state index is 13.8. The maximum atomic E-state index is 13.8. The largest absolute Gasteiger partial charge is 0.419 e. The fourth-order valence-corrected chi connectivity index (χ4v) is 1.67. The summed E-state index contributed by atoms with van der Waals surface area (Å²) in [7, 11) is 0. The van der Waals surface area contributed by atoms with Gasteiger partial charge in [-0.1, -0.05) is 6.07 Å². The van der Waals surface area contributed by atoms with Gasteiger partial charge in [0.05, 0.1) is 23.0 Å². The molecule has 0 fully saturated rings. The summed E-state index contributed by atoms with van der Waals surface area (Å²) in [5, 5.41) is 2.30. The summed E-state index contributed by atoms with van der Waals surface area (Å²) in [4.78, 5) is 15.8. The molecule has 0 radical (unpaired) electrons. The van der Waals surface area contributed by atoms with Crippen molar-refractivity contribution >= 4 is 11.6 Å². The smallest absolute Gasteiger partial charge is 0.320 e. The molecule has 0 aliphatic carbocycles. The summed E-state index contributed by atoms with van der Waals surface area (Å²) < 4.78 is 51.5. The molecule has 1 aromatic heterocycles. The van der Waals surface area contributed by atoms with Crippen LogP contribution in [0.4, 0.5) is 23.2 Å². The first-order valence-corrected chi connectivity index (χ1v) is 5.89. The minimum Gasteiger partial charge on any atom is -0.320 e. The van der Waals surface area contributed by atoms with Gasteiger partial charge in [-0.3, -0.25) is 9.78 Å². The topological polar surface area (TPSA) is 42.0 Å². The van der Waals surface area contributed by atoms with Crippen LogP contribution in [0.15, 0.2) is 36.5 Å². The van der Waals surface area contributed by atoms with Gasteiger partial charge in [-0.05, 0) is 31.2 Å². The van der Waals surface area contributed by atoms with Crippen LogP contribution in [-0.4, -0.2) is 10.9 Å². The first-order valence-electron chi connectivity index (χ1n) is 5.89. The minimum absolute atomic E-state index is 0.266. The highest BCUT2D eigenvalue weighted by molar-refractivity contribution is 6.04. The highest BCUT2D eigenvalue weighted by Gasteiger charge is 2.35. The van der Waals surface area contributed by atoms with E-state index in [1.807, 2.05) is 0 Å². The first kappa shape index (κ1) is 15.0. The molecular weight excluding hydrogens is 288 g/mol. The van der Waals surface area contributed by atoms with Crippen molar-refractivity contribution in [2.24, 2.45) is 0 Å². The van der Waals surface area contributed by atoms with Crippen molar-refractivity contribution in [3.05, 3.63) is 59.2 Å². The third-order valence-corrected chi connectivity index (χ3v) is 2.72. The van der Waals surface area contributed by atoms with Crippen LogP contribution in [0.1, 0.15) is 21.6 Å². The van der Waals surface area contributed by atoms with E-state index in [4.69, 9.17) is 0 Å². The molecule has 0 aliphatic rings. The molecule has 3 nitrogen and oxygen atoms in total. The molecular formula is C14H10F4N2O. The Bertz CT molecular complexity index is 666. The van der Waals surface area contributed by atoms with E-state index in [1.165, 1.54) is 12.3 Å². The summed E-state index contributed by atoms with van der Waals surface area (Å²) in [6.07, 6.45) is -3.52. The fraction of sp³-hybridized carbons (Fsp3) is 0.143. The molecule has 0 spiro atoms. The number of nitrogens with one attached hydrogen (secondary N) is 1. The lowest BCUT2D eigenvalue weighted by molar-refractivity contribution is -0.140. The zero-order chi connectivity index (χ0) is 15.6. The number of nitrogens with zero attached hydrogens (tertiary/aromatic N) is 1. The number of hydrogen-bond acceptors (Lipinski definition) is 2. The number of alkyl halides is 3. The molecule has 1 aromatic carbocycles. The molecule has 0 atom stereocenters. The Kier molecular flexibility index (Phi) is 3.93. The molecule has 21 heavy (non-hydrogen) atoms. The predicted molar refractivity (Wildman–Crippen MR) is 68.3 cm³/mol. The van der Waals surface area contributed by atoms with Crippen LogP contribution in [0.5, 0.6) is 0 Å². The second-order valence-electron chi connectivity index (χ2n) is 4.31. The Morgan fingerprint density at radius 1 is 1.19 bits per heavy atom. The number of carbonyl (C=O) groups is 1. The summed E-state index contributed by atoms with van der Waals surface area (Å²) >= 11 is 0. The van der Waals surface area contributed by atoms with Gasteiger partial charge in [-0.15, -0.1) is 0 Å². The molecule has 0 saturated heterocycles. The van der Waals surface area contributed by atoms with E-state index in [1.54, 1.807) is 13.0 Å². The number of amides is 1. The summed E-state index contributed by atoms with van der Waals surface area (Å²) in [6.45, 7) is 1.73. The number of pyridine rings is 1. The molecule has 0 bridgehead atoms. The summed E-state index contributed by atoms with van der Waals surface area (Å²) in [5.74, 6) is -2.56. The number of rotatable bonds is 2. The Morgan fingerprint density at radius 3 is 2.48 bits per heavy atom. The van der Waals surface area contributed by atoms with Gasteiger partial charge in [-0.25, -0.2) is 4.39 Å². The van der Waals surface area contributed by atoms with E-state index >= 15 is 0 Å². The van der Waals surface area contributed by atoms with E-state index in [-0.39, 0.29) is 5.69 Å². The molecule has 0 unspecified atom stereocenters. The van der Waals surface area contributed by atoms with Crippen LogP contribution >= 0.6 is 0 Å². The number of aryl methyl sites for hydroxylation is 1. The van der Waals surface area contributed by atoms with Crippen molar-refractivity contribution in [3.8, 4) is 0 Å². The predicted octanol–water partition coefficient (Wildman–Crippen LogP) is 3.80. The van der Waals surface area contributed by atoms with Crippen molar-refractivity contribution in [2.75, 3.05) is 5.32 Å². The molecule has 1 N–H and O–H groups in total. The lowest BCUT2D eigenvalue weighted by Crippen LogP contribution is -2.17. The molecule has 1 amide bonds. The lowest BCUT2D eigenvalue weighted by Gasteiger charge is -2.11. The molecule has 7 heteroatoms. The van der Waals surface area contributed by atoms with Crippen LogP contribution in [0, 0.1) is 12.7 Å². The standard InChI is InChI=1S/C14H10F4N2O/c1-8-5-6-9(7-19-8)20-13(21)10-3-2-4-11(12(10)15)14(16,17)18/h2-7H,1H3,(H,20,21). The molecule has 0 saturated carbocycles.